The summed E-state index contributed by atoms with van der Waals surface area (Å²) in [7, 11) is 0. The minimum absolute atomic E-state index is 0.853. The molecule has 0 fully saturated rings. The van der Waals surface area contributed by atoms with Crippen LogP contribution in [0.1, 0.15) is 153 Å². The summed E-state index contributed by atoms with van der Waals surface area (Å²) in [4.78, 5) is 9.30. The fourth-order valence-corrected chi connectivity index (χ4v) is 5.09. The standard InChI is InChI=1S/C34H56N2/c1-3-5-7-9-11-13-14-15-16-18-19-21-23-31-25-27-33(28-26-31)34-35-29-32(30-36-34)24-22-20-17-12-10-8-6-4-2/h25-30H,3-24H2,1-2H3. The molecule has 0 amide bonds. The molecular weight excluding hydrogens is 436 g/mol. The third-order valence-corrected chi connectivity index (χ3v) is 7.56. The normalized spacial score (nSPS) is 11.3. The average molecular weight is 493 g/mol. The van der Waals surface area contributed by atoms with Gasteiger partial charge < -0.3 is 0 Å². The Morgan fingerprint density at radius 2 is 0.778 bits per heavy atom. The van der Waals surface area contributed by atoms with Gasteiger partial charge in [-0.1, -0.05) is 154 Å². The molecule has 0 N–H and O–H groups in total. The molecule has 0 saturated heterocycles. The van der Waals surface area contributed by atoms with Crippen LogP contribution in [0.2, 0.25) is 0 Å². The van der Waals surface area contributed by atoms with Crippen molar-refractivity contribution in [1.29, 1.82) is 0 Å². The first-order chi connectivity index (χ1) is 17.8. The van der Waals surface area contributed by atoms with Crippen LogP contribution in [0.3, 0.4) is 0 Å². The Balaban J connectivity index is 1.52. The Bertz CT molecular complexity index is 735. The Morgan fingerprint density at radius 3 is 1.19 bits per heavy atom. The number of rotatable bonds is 23. The van der Waals surface area contributed by atoms with E-state index >= 15 is 0 Å². The molecule has 0 atom stereocenters. The molecule has 2 rings (SSSR count). The van der Waals surface area contributed by atoms with Crippen molar-refractivity contribution in [2.75, 3.05) is 0 Å². The van der Waals surface area contributed by atoms with E-state index in [1.165, 1.54) is 146 Å². The lowest BCUT2D eigenvalue weighted by Gasteiger charge is -2.06. The first kappa shape index (κ1) is 30.5. The van der Waals surface area contributed by atoms with Gasteiger partial charge in [-0.25, -0.2) is 9.97 Å². The fraction of sp³-hybridized carbons (Fsp3) is 0.706. The van der Waals surface area contributed by atoms with E-state index in [0.29, 0.717) is 0 Å². The maximum atomic E-state index is 4.65. The highest BCUT2D eigenvalue weighted by atomic mass is 14.9. The van der Waals surface area contributed by atoms with E-state index in [0.717, 1.165) is 17.8 Å². The Hall–Kier alpha value is -1.70. The number of aromatic nitrogens is 2. The van der Waals surface area contributed by atoms with Gasteiger partial charge >= 0.3 is 0 Å². The van der Waals surface area contributed by atoms with E-state index in [-0.39, 0.29) is 0 Å². The zero-order valence-corrected chi connectivity index (χ0v) is 23.9. The highest BCUT2D eigenvalue weighted by molar-refractivity contribution is 5.55. The summed E-state index contributed by atoms with van der Waals surface area (Å²) >= 11 is 0. The monoisotopic (exact) mass is 492 g/mol. The molecule has 2 aromatic rings. The molecule has 1 aromatic heterocycles. The van der Waals surface area contributed by atoms with Crippen LogP contribution >= 0.6 is 0 Å². The molecule has 0 aliphatic heterocycles. The molecule has 1 aromatic carbocycles. The number of benzene rings is 1. The summed E-state index contributed by atoms with van der Waals surface area (Å²) in [5, 5.41) is 0. The van der Waals surface area contributed by atoms with Crippen molar-refractivity contribution in [3.8, 4) is 11.4 Å². The van der Waals surface area contributed by atoms with Crippen LogP contribution in [0, 0.1) is 0 Å². The lowest BCUT2D eigenvalue weighted by Crippen LogP contribution is -1.94. The maximum absolute atomic E-state index is 4.65. The summed E-state index contributed by atoms with van der Waals surface area (Å²) in [6, 6.07) is 8.93. The number of unbranched alkanes of at least 4 members (excludes halogenated alkanes) is 18. The second kappa shape index (κ2) is 21.4. The van der Waals surface area contributed by atoms with Crippen molar-refractivity contribution < 1.29 is 0 Å². The van der Waals surface area contributed by atoms with Gasteiger partial charge in [0.15, 0.2) is 5.82 Å². The van der Waals surface area contributed by atoms with E-state index in [2.05, 4.69) is 48.1 Å². The van der Waals surface area contributed by atoms with E-state index in [1.807, 2.05) is 12.4 Å². The van der Waals surface area contributed by atoms with Crippen LogP contribution in [0.15, 0.2) is 36.7 Å². The van der Waals surface area contributed by atoms with Crippen molar-refractivity contribution in [3.63, 3.8) is 0 Å². The molecule has 2 nitrogen and oxygen atoms in total. The quantitative estimate of drug-likeness (QED) is 0.144. The largest absolute Gasteiger partial charge is 0.236 e. The molecule has 0 bridgehead atoms. The van der Waals surface area contributed by atoms with E-state index < -0.39 is 0 Å². The van der Waals surface area contributed by atoms with E-state index in [1.54, 1.807) is 0 Å². The van der Waals surface area contributed by atoms with Crippen molar-refractivity contribution in [3.05, 3.63) is 47.8 Å². The summed E-state index contributed by atoms with van der Waals surface area (Å²) < 4.78 is 0. The molecule has 202 valence electrons. The zero-order chi connectivity index (χ0) is 25.5. The summed E-state index contributed by atoms with van der Waals surface area (Å²) in [6.07, 6.45) is 34.2. The minimum atomic E-state index is 0.853. The van der Waals surface area contributed by atoms with Gasteiger partial charge in [0.05, 0.1) is 0 Å². The van der Waals surface area contributed by atoms with Crippen molar-refractivity contribution in [1.82, 2.24) is 9.97 Å². The molecule has 2 heteroatoms. The molecule has 0 unspecified atom stereocenters. The molecule has 0 aliphatic carbocycles. The summed E-state index contributed by atoms with van der Waals surface area (Å²) in [5.74, 6) is 0.853. The maximum Gasteiger partial charge on any atom is 0.159 e. The van der Waals surface area contributed by atoms with Crippen molar-refractivity contribution in [2.24, 2.45) is 0 Å². The first-order valence-corrected chi connectivity index (χ1v) is 15.7. The van der Waals surface area contributed by atoms with Crippen LogP contribution in [-0.2, 0) is 12.8 Å². The molecule has 0 aliphatic rings. The number of nitrogens with zero attached hydrogens (tertiary/aromatic N) is 2. The fourth-order valence-electron chi connectivity index (χ4n) is 5.09. The van der Waals surface area contributed by atoms with Gasteiger partial charge in [-0.3, -0.25) is 0 Å². The van der Waals surface area contributed by atoms with Gasteiger partial charge in [0, 0.05) is 18.0 Å². The predicted octanol–water partition coefficient (Wildman–Crippen LogP) is 11.1. The third kappa shape index (κ3) is 14.8. The number of hydrogen-bond acceptors (Lipinski definition) is 2. The van der Waals surface area contributed by atoms with Crippen LogP contribution < -0.4 is 0 Å². The van der Waals surface area contributed by atoms with Crippen molar-refractivity contribution in [2.45, 2.75) is 155 Å². The Kier molecular flexibility index (Phi) is 18.1. The number of aryl methyl sites for hydroxylation is 2. The van der Waals surface area contributed by atoms with Gasteiger partial charge in [-0.05, 0) is 36.8 Å². The van der Waals surface area contributed by atoms with Crippen molar-refractivity contribution >= 4 is 0 Å². The smallest absolute Gasteiger partial charge is 0.159 e. The average Bonchev–Trinajstić information content (AvgIpc) is 2.91. The van der Waals surface area contributed by atoms with Gasteiger partial charge in [0.2, 0.25) is 0 Å². The molecule has 0 spiro atoms. The van der Waals surface area contributed by atoms with Crippen LogP contribution in [0.5, 0.6) is 0 Å². The highest BCUT2D eigenvalue weighted by Crippen LogP contribution is 2.18. The Morgan fingerprint density at radius 1 is 0.417 bits per heavy atom. The lowest BCUT2D eigenvalue weighted by atomic mass is 10.0. The lowest BCUT2D eigenvalue weighted by molar-refractivity contribution is 0.544. The number of hydrogen-bond donors (Lipinski definition) is 0. The zero-order valence-electron chi connectivity index (χ0n) is 23.9. The molecular formula is C34H56N2. The highest BCUT2D eigenvalue weighted by Gasteiger charge is 2.03. The molecule has 0 radical (unpaired) electrons. The topological polar surface area (TPSA) is 25.8 Å². The summed E-state index contributed by atoms with van der Waals surface area (Å²) in [5.41, 5.74) is 3.84. The Labute approximate surface area is 224 Å². The van der Waals surface area contributed by atoms with Gasteiger partial charge in [0.25, 0.3) is 0 Å². The van der Waals surface area contributed by atoms with E-state index in [9.17, 15) is 0 Å². The second-order valence-electron chi connectivity index (χ2n) is 11.0. The van der Waals surface area contributed by atoms with Crippen LogP contribution in [0.25, 0.3) is 11.4 Å². The first-order valence-electron chi connectivity index (χ1n) is 15.7. The molecule has 36 heavy (non-hydrogen) atoms. The third-order valence-electron chi connectivity index (χ3n) is 7.56. The predicted molar refractivity (Wildman–Crippen MR) is 159 cm³/mol. The molecule has 0 saturated carbocycles. The minimum Gasteiger partial charge on any atom is -0.236 e. The van der Waals surface area contributed by atoms with E-state index in [4.69, 9.17) is 0 Å². The molecule has 1 heterocycles. The summed E-state index contributed by atoms with van der Waals surface area (Å²) in [6.45, 7) is 4.57. The van der Waals surface area contributed by atoms with Gasteiger partial charge in [-0.15, -0.1) is 0 Å². The van der Waals surface area contributed by atoms with Gasteiger partial charge in [0.1, 0.15) is 0 Å². The van der Waals surface area contributed by atoms with Gasteiger partial charge in [-0.2, -0.15) is 0 Å². The van der Waals surface area contributed by atoms with Crippen LogP contribution in [0.4, 0.5) is 0 Å². The second-order valence-corrected chi connectivity index (χ2v) is 11.0. The van der Waals surface area contributed by atoms with Crippen LogP contribution in [-0.4, -0.2) is 9.97 Å². The SMILES string of the molecule is CCCCCCCCCCCCCCc1ccc(-c2ncc(CCCCCCCCCC)cn2)cc1.